The topological polar surface area (TPSA) is 237 Å². The average molecular weight is 1130 g/mol. The van der Waals surface area contributed by atoms with Crippen LogP contribution in [-0.2, 0) is 14.2 Å². The second-order valence-electron chi connectivity index (χ2n) is 30.5. The zero-order valence-electron chi connectivity index (χ0n) is 48.3. The van der Waals surface area contributed by atoms with Crippen LogP contribution in [0.4, 0.5) is 0 Å². The van der Waals surface area contributed by atoms with E-state index in [1.54, 1.807) is 0 Å². The Balaban J connectivity index is 0.844. The fourth-order valence-corrected chi connectivity index (χ4v) is 25.1. The summed E-state index contributed by atoms with van der Waals surface area (Å²) in [7, 11) is 0. The number of fused-ring (bicyclic) bond motifs is 3. The summed E-state index contributed by atoms with van der Waals surface area (Å²) in [4.78, 5) is 25.7. The van der Waals surface area contributed by atoms with Crippen LogP contribution in [0.2, 0.25) is 0 Å². The number of hydrogen-bond donors (Lipinski definition) is 9. The summed E-state index contributed by atoms with van der Waals surface area (Å²) in [5.41, 5.74) is 9.26. The number of rotatable bonds is 7. The van der Waals surface area contributed by atoms with Crippen LogP contribution in [0.15, 0.2) is 34.9 Å². The number of carbonyl (C=O) groups is 2. The van der Waals surface area contributed by atoms with Gasteiger partial charge in [-0.3, -0.25) is 15.6 Å². The predicted molar refractivity (Wildman–Crippen MR) is 302 cm³/mol. The van der Waals surface area contributed by atoms with Gasteiger partial charge in [-0.2, -0.15) is 0 Å². The summed E-state index contributed by atoms with van der Waals surface area (Å²) in [5, 5.41) is 83.6. The molecule has 10 aliphatic carbocycles. The number of carbonyl (C=O) groups excluding carboxylic acids is 1. The van der Waals surface area contributed by atoms with Gasteiger partial charge in [0.25, 0.3) is 0 Å². The zero-order chi connectivity index (χ0) is 56.4. The summed E-state index contributed by atoms with van der Waals surface area (Å²) >= 11 is 0. The molecular formula is C67H88N2O13. The highest BCUT2D eigenvalue weighted by atomic mass is 16.7. The number of hydrogen-bond acceptors (Lipinski definition) is 14. The van der Waals surface area contributed by atoms with E-state index in [2.05, 4.69) is 16.9 Å². The number of benzene rings is 2. The number of aromatic hydroxyl groups is 2. The largest absolute Gasteiger partial charge is 0.507 e. The lowest BCUT2D eigenvalue weighted by Gasteiger charge is -2.71. The number of carboxylic acids is 1. The smallest absolute Gasteiger partial charge is 0.335 e. The Morgan fingerprint density at radius 3 is 2.43 bits per heavy atom. The van der Waals surface area contributed by atoms with Gasteiger partial charge in [-0.05, 0) is 235 Å². The van der Waals surface area contributed by atoms with Crippen molar-refractivity contribution in [2.75, 3.05) is 26.4 Å². The maximum atomic E-state index is 13.7. The van der Waals surface area contributed by atoms with Gasteiger partial charge in [-0.1, -0.05) is 31.8 Å². The first-order chi connectivity index (χ1) is 39.4. The van der Waals surface area contributed by atoms with Gasteiger partial charge >= 0.3 is 5.97 Å². The molecule has 4 heterocycles. The number of Topliss-reactive ketones (excluding diaryl/α,β-unsaturated/α-hetero) is 1. The molecule has 3 saturated heterocycles. The van der Waals surface area contributed by atoms with E-state index in [9.17, 15) is 45.3 Å². The van der Waals surface area contributed by atoms with E-state index in [1.807, 2.05) is 0 Å². The van der Waals surface area contributed by atoms with E-state index in [4.69, 9.17) is 18.9 Å². The molecule has 9 N–H and O–H groups in total. The van der Waals surface area contributed by atoms with Crippen molar-refractivity contribution in [3.05, 3.63) is 51.6 Å². The molecule has 15 heteroatoms. The molecule has 18 atom stereocenters. The van der Waals surface area contributed by atoms with Crippen LogP contribution < -0.4 is 15.6 Å². The SMILES string of the molecule is CC(=O)c1c(C)c(O)c2cc(C(=O)O)cc(O[C@@H]3O[C@H](CO)[C@]4(C[C@@H]5C6=C(CC=C6[C@]6(CCO)COC[C@@H]7C[C@@]89C[C@]5(NN[C@@H]8C[C@@]5(CC[C@@H]8CCC[C@@H]%10CCC[C@@]%10%11CC[C@]85C%11)C9)[C@H]76)[C@]5(CCCC6(CCCC6)C5)O4)[C@H](O)[C@H]3O)c2c1O. The second kappa shape index (κ2) is 18.0. The molecule has 14 aliphatic rings. The van der Waals surface area contributed by atoms with Crippen molar-refractivity contribution >= 4 is 22.5 Å². The molecule has 8 spiro atoms. The minimum atomic E-state index is -1.84. The monoisotopic (exact) mass is 1130 g/mol. The number of aliphatic hydroxyl groups is 4. The van der Waals surface area contributed by atoms with Crippen molar-refractivity contribution in [2.24, 2.45) is 62.1 Å². The summed E-state index contributed by atoms with van der Waals surface area (Å²) in [6.07, 6.45) is 24.7. The first-order valence-electron chi connectivity index (χ1n) is 32.3. The quantitative estimate of drug-likeness (QED) is 0.0927. The van der Waals surface area contributed by atoms with E-state index in [-0.39, 0.29) is 86.3 Å². The number of aliphatic hydroxyl groups excluding tert-OH is 4. The molecule has 0 aromatic heterocycles. The summed E-state index contributed by atoms with van der Waals surface area (Å²) < 4.78 is 28.6. The molecule has 0 unspecified atom stereocenters. The van der Waals surface area contributed by atoms with Crippen LogP contribution in [0.1, 0.15) is 200 Å². The molecule has 4 bridgehead atoms. The third kappa shape index (κ3) is 6.76. The van der Waals surface area contributed by atoms with Crippen LogP contribution in [0.25, 0.3) is 10.8 Å². The highest BCUT2D eigenvalue weighted by Gasteiger charge is 2.79. The molecule has 444 valence electrons. The van der Waals surface area contributed by atoms with Gasteiger partial charge in [0.1, 0.15) is 41.2 Å². The van der Waals surface area contributed by atoms with Gasteiger partial charge in [-0.15, -0.1) is 0 Å². The zero-order valence-corrected chi connectivity index (χ0v) is 48.3. The lowest BCUT2D eigenvalue weighted by atomic mass is 9.39. The lowest BCUT2D eigenvalue weighted by Crippen LogP contribution is -2.81. The Bertz CT molecular complexity index is 3130. The van der Waals surface area contributed by atoms with Gasteiger partial charge in [0, 0.05) is 47.1 Å². The molecule has 15 nitrogen and oxygen atoms in total. The minimum absolute atomic E-state index is 0.00501. The number of nitrogens with one attached hydrogen (secondary N) is 2. The highest BCUT2D eigenvalue weighted by Crippen LogP contribution is 2.82. The number of phenols is 2. The van der Waals surface area contributed by atoms with Crippen molar-refractivity contribution in [3.8, 4) is 17.2 Å². The molecule has 9 saturated carbocycles. The average Bonchev–Trinajstić information content (AvgIpc) is 2.12. The van der Waals surface area contributed by atoms with Crippen molar-refractivity contribution in [2.45, 2.75) is 228 Å². The molecular weight excluding hydrogens is 1040 g/mol. The molecule has 0 radical (unpaired) electrons. The molecule has 2 aromatic rings. The number of ketones is 1. The van der Waals surface area contributed by atoms with Gasteiger partial charge in [0.05, 0.1) is 35.3 Å². The Kier molecular flexibility index (Phi) is 11.8. The molecule has 0 amide bonds. The molecule has 2 aromatic carbocycles. The maximum absolute atomic E-state index is 13.7. The summed E-state index contributed by atoms with van der Waals surface area (Å²) in [6.45, 7) is 3.26. The van der Waals surface area contributed by atoms with E-state index in [0.717, 1.165) is 75.7 Å². The predicted octanol–water partition coefficient (Wildman–Crippen LogP) is 9.52. The Hall–Kier alpha value is -3.64. The standard InChI is InChI=1S/C67H88N2O13/c1-36-49(37(2)72)53(74)50-42(52(36)73)24-38(57(77)78)25-46(50)80-58-54(75)56(76)67(48(29-71)81-58)27-45-51-43(11-12-44(51)65(82-67)18-7-16-59(31-65)14-3-4-15-59)63(22-23-70)35-79-30-39-26-61-32-62(28-47(61)68-69-66(45,34-61)55(39)63)19-13-41-9-5-8-40-10-6-17-60(40)20-21-64(41,62)33-60/h11,24-25,39-41,45,47-48,54-56,58,68-71,73-76H,3-10,12-23,26-35H2,1-2H3,(H,77,78)/t39-,40+,41-,45+,47+,48+,54+,55+,56+,58+,60-,61+,62-,63-,64-,65+,66+,67+/m0/s1. The van der Waals surface area contributed by atoms with Crippen LogP contribution in [0.5, 0.6) is 17.2 Å². The lowest BCUT2D eigenvalue weighted by molar-refractivity contribution is -0.349. The molecule has 4 aliphatic heterocycles. The number of ether oxygens (including phenoxy) is 4. The van der Waals surface area contributed by atoms with Crippen LogP contribution in [0.3, 0.4) is 0 Å². The van der Waals surface area contributed by atoms with E-state index >= 15 is 0 Å². The molecule has 82 heavy (non-hydrogen) atoms. The number of allylic oxidation sites excluding steroid dienone is 1. The van der Waals surface area contributed by atoms with Crippen molar-refractivity contribution in [1.29, 1.82) is 0 Å². The number of carboxylic acid groups (broad SMARTS) is 1. The molecule has 16 rings (SSSR count). The fourth-order valence-electron chi connectivity index (χ4n) is 25.1. The van der Waals surface area contributed by atoms with Gasteiger partial charge in [-0.25, -0.2) is 4.79 Å². The summed E-state index contributed by atoms with van der Waals surface area (Å²) in [5.74, 6) is -1.56. The van der Waals surface area contributed by atoms with Crippen LogP contribution >= 0.6 is 0 Å². The van der Waals surface area contributed by atoms with Gasteiger partial charge in [0.15, 0.2) is 5.78 Å². The third-order valence-electron chi connectivity index (χ3n) is 27.7. The fraction of sp³-hybridized carbons (Fsp3) is 0.761. The Morgan fingerprint density at radius 2 is 1.63 bits per heavy atom. The summed E-state index contributed by atoms with van der Waals surface area (Å²) in [6, 6.07) is 2.61. The normalized spacial score (nSPS) is 47.2. The number of phenolic OH excluding ortho intramolecular Hbond substituents is 2. The first kappa shape index (κ1) is 53.8. The van der Waals surface area contributed by atoms with Crippen molar-refractivity contribution in [3.63, 3.8) is 0 Å². The van der Waals surface area contributed by atoms with Crippen LogP contribution in [-0.4, -0.2) is 121 Å². The number of hydrazine groups is 1. The molecule has 12 fully saturated rings. The third-order valence-corrected chi connectivity index (χ3v) is 27.7. The maximum Gasteiger partial charge on any atom is 0.335 e. The van der Waals surface area contributed by atoms with E-state index in [0.29, 0.717) is 43.3 Å². The minimum Gasteiger partial charge on any atom is -0.507 e. The number of aromatic carboxylic acids is 1. The Morgan fingerprint density at radius 1 is 0.829 bits per heavy atom. The van der Waals surface area contributed by atoms with Crippen LogP contribution in [0, 0.1) is 69.0 Å². The van der Waals surface area contributed by atoms with Gasteiger partial charge < -0.3 is 54.7 Å². The van der Waals surface area contributed by atoms with E-state index in [1.165, 1.54) is 120 Å². The highest BCUT2D eigenvalue weighted by molar-refractivity contribution is 6.11. The first-order valence-corrected chi connectivity index (χ1v) is 32.3. The van der Waals surface area contributed by atoms with Crippen molar-refractivity contribution < 1.29 is 64.3 Å². The van der Waals surface area contributed by atoms with Gasteiger partial charge in [0.2, 0.25) is 6.29 Å². The van der Waals surface area contributed by atoms with Crippen molar-refractivity contribution in [1.82, 2.24) is 10.9 Å². The van der Waals surface area contributed by atoms with E-state index < -0.39 is 76.6 Å². The second-order valence-corrected chi connectivity index (χ2v) is 30.5. The Labute approximate surface area is 481 Å².